The normalized spacial score (nSPS) is 9.64. The molecule has 0 unspecified atom stereocenters. The first-order valence-electron chi connectivity index (χ1n) is 2.75. The van der Waals surface area contributed by atoms with Crippen molar-refractivity contribution >= 4 is 10.3 Å². The molecule has 0 aromatic heterocycles. The van der Waals surface area contributed by atoms with Crippen molar-refractivity contribution in [2.24, 2.45) is 5.14 Å². The van der Waals surface area contributed by atoms with E-state index in [0.717, 1.165) is 0 Å². The Morgan fingerprint density at radius 3 is 1.09 bits per heavy atom. The molecule has 0 saturated carbocycles. The average molecular weight is 175 g/mol. The van der Waals surface area contributed by atoms with E-state index in [1.807, 2.05) is 36.4 Å². The highest BCUT2D eigenvalue weighted by Gasteiger charge is 1.81. The van der Waals surface area contributed by atoms with E-state index < -0.39 is 10.3 Å². The van der Waals surface area contributed by atoms with Crippen LogP contribution in [0.3, 0.4) is 0 Å². The topological polar surface area (TPSA) is 80.4 Å². The molecule has 0 saturated heterocycles. The summed E-state index contributed by atoms with van der Waals surface area (Å²) in [5.41, 5.74) is 0. The Labute approximate surface area is 65.5 Å². The van der Waals surface area contributed by atoms with Crippen molar-refractivity contribution in [2.75, 3.05) is 0 Å². The molecule has 0 fully saturated rings. The van der Waals surface area contributed by atoms with E-state index in [-0.39, 0.29) is 0 Å². The summed E-state index contributed by atoms with van der Waals surface area (Å²) in [4.78, 5) is 0. The fourth-order valence-electron chi connectivity index (χ4n) is 0.385. The summed E-state index contributed by atoms with van der Waals surface area (Å²) < 4.78 is 25.2. The van der Waals surface area contributed by atoms with Crippen LogP contribution in [0, 0.1) is 0 Å². The van der Waals surface area contributed by atoms with Gasteiger partial charge < -0.3 is 0 Å². The van der Waals surface area contributed by atoms with Crippen LogP contribution in [0.5, 0.6) is 0 Å². The molecular weight excluding hydrogens is 166 g/mol. The van der Waals surface area contributed by atoms with Crippen molar-refractivity contribution in [1.82, 2.24) is 0 Å². The standard InChI is InChI=1S/C6H6.H3NO3S/c1-2-4-6-5-3-1;1-5(2,3)4/h1-6H;(H3,1,2,3,4). The van der Waals surface area contributed by atoms with E-state index >= 15 is 0 Å². The van der Waals surface area contributed by atoms with Crippen molar-refractivity contribution in [2.45, 2.75) is 0 Å². The van der Waals surface area contributed by atoms with E-state index in [4.69, 9.17) is 13.0 Å². The first-order chi connectivity index (χ1) is 5.00. The lowest BCUT2D eigenvalue weighted by atomic mass is 10.4. The van der Waals surface area contributed by atoms with Crippen LogP contribution in [-0.4, -0.2) is 13.0 Å². The fourth-order valence-corrected chi connectivity index (χ4v) is 0.385. The zero-order valence-electron chi connectivity index (χ0n) is 5.71. The molecule has 1 rings (SSSR count). The Balaban J connectivity index is 0.000000187. The van der Waals surface area contributed by atoms with Crippen molar-refractivity contribution < 1.29 is 13.0 Å². The number of nitrogens with two attached hydrogens (primary N) is 1. The quantitative estimate of drug-likeness (QED) is 0.561. The number of benzene rings is 1. The lowest BCUT2D eigenvalue weighted by Gasteiger charge is -1.70. The van der Waals surface area contributed by atoms with Gasteiger partial charge in [-0.05, 0) is 0 Å². The van der Waals surface area contributed by atoms with E-state index in [9.17, 15) is 0 Å². The summed E-state index contributed by atoms with van der Waals surface area (Å²) in [5, 5.41) is 3.88. The zero-order valence-corrected chi connectivity index (χ0v) is 6.53. The highest BCUT2D eigenvalue weighted by molar-refractivity contribution is 7.83. The zero-order chi connectivity index (χ0) is 8.74. The summed E-state index contributed by atoms with van der Waals surface area (Å²) >= 11 is 0. The number of rotatable bonds is 0. The van der Waals surface area contributed by atoms with Crippen LogP contribution in [0.1, 0.15) is 0 Å². The van der Waals surface area contributed by atoms with Crippen LogP contribution in [-0.2, 0) is 10.3 Å². The van der Waals surface area contributed by atoms with Gasteiger partial charge in [-0.15, -0.1) is 0 Å². The third-order valence-corrected chi connectivity index (χ3v) is 0.667. The minimum Gasteiger partial charge on any atom is -0.274 e. The molecule has 3 N–H and O–H groups in total. The Bertz CT molecular complexity index is 234. The molecule has 0 amide bonds. The van der Waals surface area contributed by atoms with Gasteiger partial charge in [0.15, 0.2) is 0 Å². The summed E-state index contributed by atoms with van der Waals surface area (Å²) in [6, 6.07) is 12.0. The maximum Gasteiger partial charge on any atom is 0.330 e. The van der Waals surface area contributed by atoms with E-state index in [0.29, 0.717) is 0 Å². The van der Waals surface area contributed by atoms with Gasteiger partial charge >= 0.3 is 10.3 Å². The molecule has 62 valence electrons. The smallest absolute Gasteiger partial charge is 0.274 e. The molecule has 0 bridgehead atoms. The molecule has 0 aliphatic heterocycles. The second-order valence-corrected chi connectivity index (χ2v) is 2.70. The van der Waals surface area contributed by atoms with Gasteiger partial charge in [0, 0.05) is 0 Å². The molecule has 1 aromatic carbocycles. The van der Waals surface area contributed by atoms with Gasteiger partial charge in [-0.2, -0.15) is 8.42 Å². The number of hydrogen-bond acceptors (Lipinski definition) is 2. The second kappa shape index (κ2) is 4.84. The van der Waals surface area contributed by atoms with Gasteiger partial charge in [0.25, 0.3) is 0 Å². The van der Waals surface area contributed by atoms with E-state index in [1.54, 1.807) is 0 Å². The molecular formula is C6H9NO3S. The number of hydrogen-bond donors (Lipinski definition) is 2. The largest absolute Gasteiger partial charge is 0.330 e. The molecule has 0 aliphatic carbocycles. The van der Waals surface area contributed by atoms with Crippen LogP contribution in [0.15, 0.2) is 36.4 Å². The molecule has 0 radical (unpaired) electrons. The summed E-state index contributed by atoms with van der Waals surface area (Å²) in [7, 11) is -4.17. The van der Waals surface area contributed by atoms with Gasteiger partial charge in [-0.1, -0.05) is 36.4 Å². The second-order valence-electron chi connectivity index (χ2n) is 1.67. The van der Waals surface area contributed by atoms with Crippen molar-refractivity contribution in [3.8, 4) is 0 Å². The fraction of sp³-hybridized carbons (Fsp3) is 0. The van der Waals surface area contributed by atoms with Crippen LogP contribution in [0.2, 0.25) is 0 Å². The van der Waals surface area contributed by atoms with Gasteiger partial charge in [-0.3, -0.25) is 4.55 Å². The van der Waals surface area contributed by atoms with Crippen LogP contribution in [0.4, 0.5) is 0 Å². The minimum atomic E-state index is -4.17. The maximum atomic E-state index is 8.97. The summed E-state index contributed by atoms with van der Waals surface area (Å²) in [6.07, 6.45) is 0. The van der Waals surface area contributed by atoms with E-state index in [2.05, 4.69) is 5.14 Å². The average Bonchev–Trinajstić information content (AvgIpc) is 1.88. The van der Waals surface area contributed by atoms with Gasteiger partial charge in [0.05, 0.1) is 0 Å². The third-order valence-electron chi connectivity index (χ3n) is 0.667. The van der Waals surface area contributed by atoms with Gasteiger partial charge in [-0.25, -0.2) is 5.14 Å². The van der Waals surface area contributed by atoms with E-state index in [1.165, 1.54) is 0 Å². The molecule has 0 atom stereocenters. The lowest BCUT2D eigenvalue weighted by molar-refractivity contribution is 0.485. The summed E-state index contributed by atoms with van der Waals surface area (Å²) in [5.74, 6) is 0. The van der Waals surface area contributed by atoms with Crippen LogP contribution >= 0.6 is 0 Å². The highest BCUT2D eigenvalue weighted by Crippen LogP contribution is 1.79. The molecule has 5 heteroatoms. The van der Waals surface area contributed by atoms with Crippen molar-refractivity contribution in [3.05, 3.63) is 36.4 Å². The molecule has 0 aliphatic rings. The molecule has 1 aromatic rings. The van der Waals surface area contributed by atoms with Crippen molar-refractivity contribution in [3.63, 3.8) is 0 Å². The molecule has 11 heavy (non-hydrogen) atoms. The van der Waals surface area contributed by atoms with Gasteiger partial charge in [0.1, 0.15) is 0 Å². The molecule has 4 nitrogen and oxygen atoms in total. The van der Waals surface area contributed by atoms with Crippen LogP contribution < -0.4 is 5.14 Å². The maximum absolute atomic E-state index is 8.97. The Morgan fingerprint density at radius 2 is 1.00 bits per heavy atom. The first-order valence-corrected chi connectivity index (χ1v) is 4.25. The predicted octanol–water partition coefficient (Wildman–Crippen LogP) is 0.434. The predicted molar refractivity (Wildman–Crippen MR) is 42.2 cm³/mol. The Hall–Kier alpha value is -0.910. The third kappa shape index (κ3) is 17.6. The minimum absolute atomic E-state index is 2.00. The lowest BCUT2D eigenvalue weighted by Crippen LogP contribution is -2.08. The SMILES string of the molecule is NS(=O)(=O)O.c1ccccc1. The first kappa shape index (κ1) is 10.1. The Kier molecular flexibility index (Phi) is 4.44. The highest BCUT2D eigenvalue weighted by atomic mass is 32.2. The molecule has 0 spiro atoms. The Morgan fingerprint density at radius 1 is 0.909 bits per heavy atom. The summed E-state index contributed by atoms with van der Waals surface area (Å²) in [6.45, 7) is 0. The van der Waals surface area contributed by atoms with Crippen molar-refractivity contribution in [1.29, 1.82) is 0 Å². The monoisotopic (exact) mass is 175 g/mol. The van der Waals surface area contributed by atoms with Gasteiger partial charge in [0.2, 0.25) is 0 Å². The van der Waals surface area contributed by atoms with Crippen LogP contribution in [0.25, 0.3) is 0 Å². The molecule has 0 heterocycles.